The fourth-order valence-electron chi connectivity index (χ4n) is 5.32. The summed E-state index contributed by atoms with van der Waals surface area (Å²) in [5.74, 6) is 6.10. The van der Waals surface area contributed by atoms with Gasteiger partial charge in [0.05, 0.1) is 22.2 Å². The van der Waals surface area contributed by atoms with Gasteiger partial charge in [0.2, 0.25) is 0 Å². The summed E-state index contributed by atoms with van der Waals surface area (Å²) >= 11 is 0. The van der Waals surface area contributed by atoms with Crippen molar-refractivity contribution >= 4 is 22.7 Å². The summed E-state index contributed by atoms with van der Waals surface area (Å²) in [5.41, 5.74) is -4.23. The lowest BCUT2D eigenvalue weighted by Gasteiger charge is -2.30. The molecule has 1 aromatic heterocycles. The third-order valence-corrected chi connectivity index (χ3v) is 7.83. The molecule has 0 spiro atoms. The van der Waals surface area contributed by atoms with Crippen molar-refractivity contribution in [2.45, 2.75) is 57.3 Å². The van der Waals surface area contributed by atoms with Gasteiger partial charge in [0.1, 0.15) is 5.82 Å². The SMILES string of the molecule is CN=NC(=NN)N(Cc1cc(C(F)(F)F)cc(C(F)(F)F)c1)Cc1cc2cccc(C(F)(F)F)c2nc1N(CC1CC1)CC1CC1. The van der Waals surface area contributed by atoms with Crippen LogP contribution < -0.4 is 10.7 Å². The molecule has 0 unspecified atom stereocenters. The highest BCUT2D eigenvalue weighted by Gasteiger charge is 2.38. The number of halogens is 9. The zero-order valence-corrected chi connectivity index (χ0v) is 24.5. The van der Waals surface area contributed by atoms with Gasteiger partial charge in [0.25, 0.3) is 5.96 Å². The molecule has 0 bridgehead atoms. The molecule has 7 nitrogen and oxygen atoms in total. The summed E-state index contributed by atoms with van der Waals surface area (Å²) in [4.78, 5) is 7.69. The summed E-state index contributed by atoms with van der Waals surface area (Å²) in [6.45, 7) is 0.219. The first-order valence-electron chi connectivity index (χ1n) is 14.4. The molecule has 0 aliphatic heterocycles. The van der Waals surface area contributed by atoms with E-state index in [9.17, 15) is 39.5 Å². The number of fused-ring (bicyclic) bond motifs is 1. The Hall–Kier alpha value is -4.11. The van der Waals surface area contributed by atoms with E-state index in [1.165, 1.54) is 30.1 Å². The molecule has 2 aliphatic carbocycles. The van der Waals surface area contributed by atoms with E-state index in [0.29, 0.717) is 42.6 Å². The number of hydrogen-bond acceptors (Lipinski definition) is 5. The van der Waals surface area contributed by atoms with Gasteiger partial charge in [-0.1, -0.05) is 12.1 Å². The Morgan fingerprint density at radius 2 is 1.41 bits per heavy atom. The van der Waals surface area contributed by atoms with E-state index < -0.39 is 41.8 Å². The highest BCUT2D eigenvalue weighted by atomic mass is 19.4. The Bertz CT molecular complexity index is 1580. The van der Waals surface area contributed by atoms with Crippen molar-refractivity contribution in [1.29, 1.82) is 0 Å². The largest absolute Gasteiger partial charge is 0.418 e. The number of nitrogens with two attached hydrogens (primary N) is 1. The maximum Gasteiger partial charge on any atom is 0.418 e. The Labute approximate surface area is 258 Å². The van der Waals surface area contributed by atoms with Gasteiger partial charge in [-0.05, 0) is 73.4 Å². The first-order valence-corrected chi connectivity index (χ1v) is 14.4. The van der Waals surface area contributed by atoms with Gasteiger partial charge >= 0.3 is 18.5 Å². The standard InChI is InChI=1S/C30H30F9N7/c1-41-44-27(43-40)46(15-19-9-22(28(31,32)33)12-23(10-19)29(34,35)36)16-21-11-20-3-2-4-24(30(37,38)39)25(20)42-26(21)45(13-17-5-6-17)14-18-7-8-18/h2-4,9-12,17-18H,5-8,13-16,40H2,1H3. The van der Waals surface area contributed by atoms with Crippen LogP contribution in [0.15, 0.2) is 57.8 Å². The van der Waals surface area contributed by atoms with Crippen molar-refractivity contribution in [2.75, 3.05) is 25.0 Å². The van der Waals surface area contributed by atoms with Crippen LogP contribution >= 0.6 is 0 Å². The van der Waals surface area contributed by atoms with E-state index >= 15 is 0 Å². The highest BCUT2D eigenvalue weighted by molar-refractivity contribution is 5.86. The molecule has 16 heteroatoms. The number of pyridine rings is 1. The van der Waals surface area contributed by atoms with Crippen LogP contribution in [0.2, 0.25) is 0 Å². The second-order valence-electron chi connectivity index (χ2n) is 11.6. The van der Waals surface area contributed by atoms with Gasteiger partial charge in [-0.15, -0.1) is 10.2 Å². The van der Waals surface area contributed by atoms with Crippen LogP contribution in [-0.2, 0) is 31.6 Å². The Balaban J connectivity index is 1.64. The lowest BCUT2D eigenvalue weighted by molar-refractivity contribution is -0.143. The summed E-state index contributed by atoms with van der Waals surface area (Å²) < 4.78 is 124. The number of nitrogens with zero attached hydrogens (tertiary/aromatic N) is 6. The van der Waals surface area contributed by atoms with E-state index in [4.69, 9.17) is 5.84 Å². The molecular formula is C30H30F9N7. The average molecular weight is 660 g/mol. The second kappa shape index (κ2) is 12.6. The fraction of sp³-hybridized carbons (Fsp3) is 0.467. The molecule has 2 saturated carbocycles. The van der Waals surface area contributed by atoms with Crippen LogP contribution in [0.1, 0.15) is 53.5 Å². The molecule has 2 N–H and O–H groups in total. The van der Waals surface area contributed by atoms with Crippen LogP contribution in [0.4, 0.5) is 45.3 Å². The molecule has 5 rings (SSSR count). The fourth-order valence-corrected chi connectivity index (χ4v) is 5.32. The molecule has 248 valence electrons. The maximum atomic E-state index is 14.0. The number of benzene rings is 2. The smallest absolute Gasteiger partial charge is 0.356 e. The van der Waals surface area contributed by atoms with E-state index in [1.807, 2.05) is 4.90 Å². The predicted molar refractivity (Wildman–Crippen MR) is 153 cm³/mol. The first kappa shape index (κ1) is 33.3. The van der Waals surface area contributed by atoms with Gasteiger partial charge in [-0.3, -0.25) is 0 Å². The molecule has 2 aromatic carbocycles. The third kappa shape index (κ3) is 7.99. The van der Waals surface area contributed by atoms with E-state index in [1.54, 1.807) is 0 Å². The summed E-state index contributed by atoms with van der Waals surface area (Å²) in [6, 6.07) is 6.31. The normalized spacial score (nSPS) is 16.4. The van der Waals surface area contributed by atoms with Crippen LogP contribution in [0.25, 0.3) is 10.9 Å². The first-order chi connectivity index (χ1) is 21.6. The number of para-hydroxylation sites is 1. The number of aromatic nitrogens is 1. The third-order valence-electron chi connectivity index (χ3n) is 7.83. The van der Waals surface area contributed by atoms with Crippen LogP contribution in [0.5, 0.6) is 0 Å². The minimum Gasteiger partial charge on any atom is -0.356 e. The number of anilines is 1. The molecule has 3 aromatic rings. The minimum atomic E-state index is -5.08. The van der Waals surface area contributed by atoms with Gasteiger partial charge < -0.3 is 15.6 Å². The molecule has 0 saturated heterocycles. The molecular weight excluding hydrogens is 629 g/mol. The van der Waals surface area contributed by atoms with Crippen molar-refractivity contribution in [2.24, 2.45) is 33.0 Å². The van der Waals surface area contributed by atoms with Gasteiger partial charge in [-0.2, -0.15) is 44.6 Å². The van der Waals surface area contributed by atoms with E-state index in [0.717, 1.165) is 31.7 Å². The van der Waals surface area contributed by atoms with Crippen LogP contribution in [0.3, 0.4) is 0 Å². The van der Waals surface area contributed by atoms with E-state index in [2.05, 4.69) is 20.3 Å². The van der Waals surface area contributed by atoms with Crippen molar-refractivity contribution in [1.82, 2.24) is 9.88 Å². The van der Waals surface area contributed by atoms with Crippen LogP contribution in [-0.4, -0.2) is 36.0 Å². The van der Waals surface area contributed by atoms with Crippen molar-refractivity contribution in [3.8, 4) is 0 Å². The maximum absolute atomic E-state index is 14.0. The number of alkyl halides is 9. The highest BCUT2D eigenvalue weighted by Crippen LogP contribution is 2.40. The zero-order valence-electron chi connectivity index (χ0n) is 24.5. The predicted octanol–water partition coefficient (Wildman–Crippen LogP) is 8.23. The van der Waals surface area contributed by atoms with Gasteiger partial charge in [0.15, 0.2) is 0 Å². The zero-order chi connectivity index (χ0) is 33.4. The second-order valence-corrected chi connectivity index (χ2v) is 11.6. The quantitative estimate of drug-likeness (QED) is 0.0627. The summed E-state index contributed by atoms with van der Waals surface area (Å²) in [5, 5.41) is 11.2. The summed E-state index contributed by atoms with van der Waals surface area (Å²) in [7, 11) is 1.27. The van der Waals surface area contributed by atoms with Gasteiger partial charge in [-0.25, -0.2) is 4.98 Å². The molecule has 0 amide bonds. The average Bonchev–Trinajstić information content (AvgIpc) is 3.90. The number of guanidine groups is 1. The van der Waals surface area contributed by atoms with Crippen molar-refractivity contribution < 1.29 is 39.5 Å². The molecule has 0 atom stereocenters. The summed E-state index contributed by atoms with van der Waals surface area (Å²) in [6.07, 6.45) is -11.1. The Morgan fingerprint density at radius 3 is 1.89 bits per heavy atom. The van der Waals surface area contributed by atoms with Crippen LogP contribution in [0, 0.1) is 11.8 Å². The van der Waals surface area contributed by atoms with Gasteiger partial charge in [0, 0.05) is 44.2 Å². The molecule has 1 heterocycles. The van der Waals surface area contributed by atoms with Crippen molar-refractivity contribution in [3.63, 3.8) is 0 Å². The lowest BCUT2D eigenvalue weighted by Crippen LogP contribution is -2.33. The Morgan fingerprint density at radius 1 is 0.826 bits per heavy atom. The molecule has 46 heavy (non-hydrogen) atoms. The lowest BCUT2D eigenvalue weighted by atomic mass is 10.0. The topological polar surface area (TPSA) is 82.5 Å². The minimum absolute atomic E-state index is 0.0226. The number of hydrogen-bond donors (Lipinski definition) is 1. The monoisotopic (exact) mass is 659 g/mol. The molecule has 0 radical (unpaired) electrons. The Kier molecular flexibility index (Phi) is 9.10. The molecule has 2 fully saturated rings. The number of rotatable bonds is 9. The number of hydrazone groups is 1. The number of azo groups is 1. The van der Waals surface area contributed by atoms with Crippen molar-refractivity contribution in [3.05, 3.63) is 70.3 Å². The van der Waals surface area contributed by atoms with E-state index in [-0.39, 0.29) is 40.9 Å². The molecule has 2 aliphatic rings.